The molecule has 0 spiro atoms. The number of rotatable bonds is 6. The van der Waals surface area contributed by atoms with E-state index in [9.17, 15) is 4.79 Å². The normalized spacial score (nSPS) is 14.7. The fourth-order valence-corrected chi connectivity index (χ4v) is 1.20. The summed E-state index contributed by atoms with van der Waals surface area (Å²) in [5.41, 5.74) is 0. The second-order valence-corrected chi connectivity index (χ2v) is 3.35. The van der Waals surface area contributed by atoms with E-state index in [2.05, 4.69) is 27.4 Å². The third-order valence-electron chi connectivity index (χ3n) is 2.29. The number of carbonyl (C=O) groups is 1. The molecule has 0 amide bonds. The second-order valence-electron chi connectivity index (χ2n) is 3.35. The van der Waals surface area contributed by atoms with Gasteiger partial charge >= 0.3 is 5.97 Å². The van der Waals surface area contributed by atoms with E-state index < -0.39 is 0 Å². The molecule has 0 aliphatic heterocycles. The Kier molecular flexibility index (Phi) is 6.29. The predicted molar refractivity (Wildman–Crippen MR) is 54.4 cm³/mol. The first-order valence-electron chi connectivity index (χ1n) is 4.98. The van der Waals surface area contributed by atoms with Gasteiger partial charge in [0, 0.05) is 6.08 Å². The van der Waals surface area contributed by atoms with Gasteiger partial charge in [0.05, 0.1) is 0 Å². The van der Waals surface area contributed by atoms with Crippen LogP contribution < -0.4 is 0 Å². The van der Waals surface area contributed by atoms with Gasteiger partial charge in [0.2, 0.25) is 0 Å². The van der Waals surface area contributed by atoms with Crippen LogP contribution in [0.5, 0.6) is 0 Å². The van der Waals surface area contributed by atoms with Gasteiger partial charge in [-0.1, -0.05) is 40.2 Å². The molecule has 76 valence electrons. The monoisotopic (exact) mass is 184 g/mol. The molecule has 2 heteroatoms. The molecule has 0 rings (SSSR count). The van der Waals surface area contributed by atoms with Gasteiger partial charge in [-0.05, 0) is 12.3 Å². The van der Waals surface area contributed by atoms with Crippen LogP contribution in [0.2, 0.25) is 0 Å². The maximum absolute atomic E-state index is 11.0. The lowest BCUT2D eigenvalue weighted by molar-refractivity contribution is -0.145. The van der Waals surface area contributed by atoms with E-state index >= 15 is 0 Å². The number of hydrogen-bond acceptors (Lipinski definition) is 2. The Morgan fingerprint density at radius 3 is 2.54 bits per heavy atom. The van der Waals surface area contributed by atoms with Crippen molar-refractivity contribution < 1.29 is 9.53 Å². The smallest absolute Gasteiger partial charge is 0.330 e. The molecule has 0 aromatic heterocycles. The summed E-state index contributed by atoms with van der Waals surface area (Å²) in [5.74, 6) is 0.127. The van der Waals surface area contributed by atoms with Gasteiger partial charge in [0.1, 0.15) is 6.10 Å². The van der Waals surface area contributed by atoms with Crippen LogP contribution in [0.25, 0.3) is 0 Å². The summed E-state index contributed by atoms with van der Waals surface area (Å²) in [4.78, 5) is 11.0. The van der Waals surface area contributed by atoms with E-state index in [4.69, 9.17) is 4.74 Å². The Bertz CT molecular complexity index is 163. The van der Waals surface area contributed by atoms with Crippen LogP contribution in [0.4, 0.5) is 0 Å². The summed E-state index contributed by atoms with van der Waals surface area (Å²) in [6.07, 6.45) is 4.30. The quantitative estimate of drug-likeness (QED) is 0.468. The van der Waals surface area contributed by atoms with Crippen LogP contribution in [0.1, 0.15) is 40.0 Å². The molecule has 2 unspecified atom stereocenters. The van der Waals surface area contributed by atoms with Crippen molar-refractivity contribution in [1.29, 1.82) is 0 Å². The number of ether oxygens (including phenoxy) is 1. The van der Waals surface area contributed by atoms with E-state index in [0.29, 0.717) is 5.92 Å². The Labute approximate surface area is 81.0 Å². The van der Waals surface area contributed by atoms with E-state index in [1.807, 2.05) is 0 Å². The zero-order valence-electron chi connectivity index (χ0n) is 8.88. The van der Waals surface area contributed by atoms with Crippen LogP contribution >= 0.6 is 0 Å². The van der Waals surface area contributed by atoms with Gasteiger partial charge < -0.3 is 4.74 Å². The van der Waals surface area contributed by atoms with Crippen molar-refractivity contribution in [2.24, 2.45) is 5.92 Å². The molecule has 2 nitrogen and oxygen atoms in total. The average molecular weight is 184 g/mol. The molecule has 0 aromatic carbocycles. The van der Waals surface area contributed by atoms with Gasteiger partial charge in [0.25, 0.3) is 0 Å². The van der Waals surface area contributed by atoms with Crippen molar-refractivity contribution in [3.05, 3.63) is 12.7 Å². The molecule has 0 N–H and O–H groups in total. The topological polar surface area (TPSA) is 26.3 Å². The third-order valence-corrected chi connectivity index (χ3v) is 2.29. The molecular formula is C11H20O2. The molecule has 0 radical (unpaired) electrons. The highest BCUT2D eigenvalue weighted by Gasteiger charge is 2.17. The highest BCUT2D eigenvalue weighted by Crippen LogP contribution is 2.16. The SMILES string of the molecule is C=CC(=O)OC(CCC)C(C)CC. The van der Waals surface area contributed by atoms with Crippen molar-refractivity contribution in [3.63, 3.8) is 0 Å². The van der Waals surface area contributed by atoms with Gasteiger partial charge in [-0.15, -0.1) is 0 Å². The minimum atomic E-state index is -0.307. The summed E-state index contributed by atoms with van der Waals surface area (Å²) in [6.45, 7) is 9.69. The fraction of sp³-hybridized carbons (Fsp3) is 0.727. The van der Waals surface area contributed by atoms with Crippen LogP contribution in [-0.2, 0) is 9.53 Å². The van der Waals surface area contributed by atoms with Gasteiger partial charge in [-0.3, -0.25) is 0 Å². The van der Waals surface area contributed by atoms with Crippen LogP contribution in [0.15, 0.2) is 12.7 Å². The van der Waals surface area contributed by atoms with Crippen molar-refractivity contribution in [2.75, 3.05) is 0 Å². The van der Waals surface area contributed by atoms with E-state index in [0.717, 1.165) is 19.3 Å². The molecule has 0 saturated heterocycles. The molecule has 0 aliphatic rings. The third kappa shape index (κ3) is 4.71. The molecule has 13 heavy (non-hydrogen) atoms. The Morgan fingerprint density at radius 1 is 1.54 bits per heavy atom. The zero-order chi connectivity index (χ0) is 10.3. The first-order chi connectivity index (χ1) is 6.15. The molecule has 2 atom stereocenters. The predicted octanol–water partition coefficient (Wildman–Crippen LogP) is 2.93. The molecule has 0 saturated carbocycles. The summed E-state index contributed by atoms with van der Waals surface area (Å²) in [7, 11) is 0. The maximum Gasteiger partial charge on any atom is 0.330 e. The molecule has 0 fully saturated rings. The maximum atomic E-state index is 11.0. The van der Waals surface area contributed by atoms with Crippen LogP contribution in [0.3, 0.4) is 0 Å². The first kappa shape index (κ1) is 12.2. The minimum Gasteiger partial charge on any atom is -0.459 e. The van der Waals surface area contributed by atoms with Gasteiger partial charge in [-0.2, -0.15) is 0 Å². The van der Waals surface area contributed by atoms with E-state index in [1.165, 1.54) is 6.08 Å². The van der Waals surface area contributed by atoms with Crippen LogP contribution in [0, 0.1) is 5.92 Å². The highest BCUT2D eigenvalue weighted by atomic mass is 16.5. The Balaban J connectivity index is 4.07. The lowest BCUT2D eigenvalue weighted by atomic mass is 9.98. The van der Waals surface area contributed by atoms with Crippen molar-refractivity contribution >= 4 is 5.97 Å². The van der Waals surface area contributed by atoms with E-state index in [1.54, 1.807) is 0 Å². The van der Waals surface area contributed by atoms with Gasteiger partial charge in [-0.25, -0.2) is 4.79 Å². The summed E-state index contributed by atoms with van der Waals surface area (Å²) >= 11 is 0. The number of esters is 1. The first-order valence-corrected chi connectivity index (χ1v) is 4.98. The molecule has 0 aliphatic carbocycles. The van der Waals surface area contributed by atoms with Crippen molar-refractivity contribution in [3.8, 4) is 0 Å². The van der Waals surface area contributed by atoms with Gasteiger partial charge in [0.15, 0.2) is 0 Å². The number of hydrogen-bond donors (Lipinski definition) is 0. The average Bonchev–Trinajstić information content (AvgIpc) is 2.15. The highest BCUT2D eigenvalue weighted by molar-refractivity contribution is 5.81. The van der Waals surface area contributed by atoms with Crippen molar-refractivity contribution in [1.82, 2.24) is 0 Å². The van der Waals surface area contributed by atoms with Crippen molar-refractivity contribution in [2.45, 2.75) is 46.1 Å². The summed E-state index contributed by atoms with van der Waals surface area (Å²) in [6, 6.07) is 0. The van der Waals surface area contributed by atoms with E-state index in [-0.39, 0.29) is 12.1 Å². The summed E-state index contributed by atoms with van der Waals surface area (Å²) < 4.78 is 5.24. The number of carbonyl (C=O) groups excluding carboxylic acids is 1. The Morgan fingerprint density at radius 2 is 2.15 bits per heavy atom. The zero-order valence-corrected chi connectivity index (χ0v) is 8.88. The lowest BCUT2D eigenvalue weighted by Gasteiger charge is -2.21. The standard InChI is InChI=1S/C11H20O2/c1-5-8-10(9(4)6-2)13-11(12)7-3/h7,9-10H,3,5-6,8H2,1-2,4H3. The Hall–Kier alpha value is -0.790. The fourth-order valence-electron chi connectivity index (χ4n) is 1.20. The minimum absolute atomic E-state index is 0.0560. The molecule has 0 bridgehead atoms. The summed E-state index contributed by atoms with van der Waals surface area (Å²) in [5, 5.41) is 0. The largest absolute Gasteiger partial charge is 0.459 e. The second kappa shape index (κ2) is 6.70. The molecular weight excluding hydrogens is 164 g/mol. The molecule has 0 aromatic rings. The lowest BCUT2D eigenvalue weighted by Crippen LogP contribution is -2.23. The van der Waals surface area contributed by atoms with Crippen LogP contribution in [-0.4, -0.2) is 12.1 Å². The molecule has 0 heterocycles.